The molecule has 9 nitrogen and oxygen atoms in total. The number of rotatable bonds is 9. The van der Waals surface area contributed by atoms with Gasteiger partial charge in [-0.05, 0) is 43.5 Å². The maximum Gasteiger partial charge on any atom is 0.273 e. The van der Waals surface area contributed by atoms with Gasteiger partial charge in [-0.25, -0.2) is 0 Å². The maximum atomic E-state index is 13.0. The lowest BCUT2D eigenvalue weighted by atomic mass is 10.1. The van der Waals surface area contributed by atoms with E-state index in [1.807, 2.05) is 39.0 Å². The molecule has 0 bridgehead atoms. The predicted octanol–water partition coefficient (Wildman–Crippen LogP) is 3.06. The molecule has 2 aromatic carbocycles. The van der Waals surface area contributed by atoms with Gasteiger partial charge in [0.05, 0.1) is 18.0 Å². The minimum Gasteiger partial charge on any atom is -0.345 e. The molecule has 0 radical (unpaired) electrons. The van der Waals surface area contributed by atoms with Crippen molar-refractivity contribution in [2.75, 3.05) is 25.0 Å². The predicted molar refractivity (Wildman–Crippen MR) is 121 cm³/mol. The van der Waals surface area contributed by atoms with E-state index in [1.165, 1.54) is 23.1 Å². The third-order valence-electron chi connectivity index (χ3n) is 4.61. The smallest absolute Gasteiger partial charge is 0.273 e. The molecule has 0 aliphatic heterocycles. The molecular formula is C23H28N4O5. The third-order valence-corrected chi connectivity index (χ3v) is 4.61. The van der Waals surface area contributed by atoms with Gasteiger partial charge < -0.3 is 15.5 Å². The summed E-state index contributed by atoms with van der Waals surface area (Å²) in [5, 5.41) is 16.4. The van der Waals surface area contributed by atoms with Crippen LogP contribution in [-0.4, -0.2) is 47.2 Å². The van der Waals surface area contributed by atoms with Crippen LogP contribution in [0.2, 0.25) is 0 Å². The number of amides is 3. The Hall–Kier alpha value is -3.75. The van der Waals surface area contributed by atoms with E-state index in [0.717, 1.165) is 5.56 Å². The molecular weight excluding hydrogens is 412 g/mol. The highest BCUT2D eigenvalue weighted by molar-refractivity contribution is 5.98. The normalized spacial score (nSPS) is 10.5. The Bertz CT molecular complexity index is 1020. The van der Waals surface area contributed by atoms with Gasteiger partial charge in [-0.1, -0.05) is 32.0 Å². The Morgan fingerprint density at radius 1 is 1.06 bits per heavy atom. The molecule has 0 aliphatic rings. The lowest BCUT2D eigenvalue weighted by molar-refractivity contribution is -0.385. The van der Waals surface area contributed by atoms with Crippen molar-refractivity contribution in [1.29, 1.82) is 0 Å². The summed E-state index contributed by atoms with van der Waals surface area (Å²) in [6.45, 7) is 7.05. The van der Waals surface area contributed by atoms with Crippen molar-refractivity contribution in [3.8, 4) is 0 Å². The zero-order valence-corrected chi connectivity index (χ0v) is 18.7. The molecule has 9 heteroatoms. The molecule has 2 aromatic rings. The van der Waals surface area contributed by atoms with Crippen LogP contribution in [0.1, 0.15) is 35.3 Å². The molecule has 32 heavy (non-hydrogen) atoms. The average Bonchev–Trinajstić information content (AvgIpc) is 2.71. The molecule has 0 heterocycles. The first-order chi connectivity index (χ1) is 15.1. The van der Waals surface area contributed by atoms with Gasteiger partial charge >= 0.3 is 0 Å². The summed E-state index contributed by atoms with van der Waals surface area (Å²) < 4.78 is 0. The number of hydrogen-bond donors (Lipinski definition) is 2. The summed E-state index contributed by atoms with van der Waals surface area (Å²) in [5.41, 5.74) is 2.04. The molecule has 0 fully saturated rings. The summed E-state index contributed by atoms with van der Waals surface area (Å²) in [4.78, 5) is 49.5. The van der Waals surface area contributed by atoms with E-state index in [9.17, 15) is 24.5 Å². The zero-order valence-electron chi connectivity index (χ0n) is 18.7. The Morgan fingerprint density at radius 3 is 2.41 bits per heavy atom. The lowest BCUT2D eigenvalue weighted by Crippen LogP contribution is -2.44. The molecule has 0 saturated carbocycles. The Morgan fingerprint density at radius 2 is 1.78 bits per heavy atom. The minimum atomic E-state index is -0.543. The summed E-state index contributed by atoms with van der Waals surface area (Å²) >= 11 is 0. The van der Waals surface area contributed by atoms with E-state index in [0.29, 0.717) is 11.3 Å². The van der Waals surface area contributed by atoms with Crippen molar-refractivity contribution < 1.29 is 19.3 Å². The van der Waals surface area contributed by atoms with Gasteiger partial charge in [0.1, 0.15) is 0 Å². The lowest BCUT2D eigenvalue weighted by Gasteiger charge is -2.24. The standard InChI is InChI=1S/C23H28N4O5/c1-15(2)13-26(23(30)18-9-8-17(4)20(11-18)27(31)32)14-22(29)24-12-21(28)25-19-7-5-6-16(3)10-19/h5-11,15H,12-14H2,1-4H3,(H,24,29)(H,25,28). The summed E-state index contributed by atoms with van der Waals surface area (Å²) in [6, 6.07) is 11.5. The highest BCUT2D eigenvalue weighted by atomic mass is 16.6. The van der Waals surface area contributed by atoms with Crippen LogP contribution in [-0.2, 0) is 9.59 Å². The number of nitro groups is 1. The summed E-state index contributed by atoms with van der Waals surface area (Å²) in [6.07, 6.45) is 0. The second kappa shape index (κ2) is 11.0. The van der Waals surface area contributed by atoms with Gasteiger partial charge in [-0.2, -0.15) is 0 Å². The van der Waals surface area contributed by atoms with E-state index in [-0.39, 0.29) is 42.7 Å². The van der Waals surface area contributed by atoms with Crippen molar-refractivity contribution in [3.05, 3.63) is 69.3 Å². The van der Waals surface area contributed by atoms with E-state index in [4.69, 9.17) is 0 Å². The van der Waals surface area contributed by atoms with Crippen LogP contribution in [0.5, 0.6) is 0 Å². The number of carbonyl (C=O) groups excluding carboxylic acids is 3. The van der Waals surface area contributed by atoms with Crippen LogP contribution >= 0.6 is 0 Å². The molecule has 0 unspecified atom stereocenters. The van der Waals surface area contributed by atoms with Gasteiger partial charge in [-0.3, -0.25) is 24.5 Å². The average molecular weight is 441 g/mol. The van der Waals surface area contributed by atoms with E-state index in [2.05, 4.69) is 10.6 Å². The third kappa shape index (κ3) is 7.19. The zero-order chi connectivity index (χ0) is 23.8. The van der Waals surface area contributed by atoms with Crippen LogP contribution in [0.15, 0.2) is 42.5 Å². The summed E-state index contributed by atoms with van der Waals surface area (Å²) in [5.74, 6) is -1.31. The number of nitro benzene ring substituents is 1. The van der Waals surface area contributed by atoms with Crippen LogP contribution in [0.25, 0.3) is 0 Å². The van der Waals surface area contributed by atoms with Crippen molar-refractivity contribution in [1.82, 2.24) is 10.2 Å². The molecule has 0 atom stereocenters. The highest BCUT2D eigenvalue weighted by Gasteiger charge is 2.23. The first-order valence-electron chi connectivity index (χ1n) is 10.2. The Kier molecular flexibility index (Phi) is 8.46. The molecule has 3 amide bonds. The first kappa shape index (κ1) is 24.5. The SMILES string of the molecule is Cc1cccc(NC(=O)CNC(=O)CN(CC(C)C)C(=O)c2ccc(C)c([N+](=O)[O-])c2)c1. The van der Waals surface area contributed by atoms with Gasteiger partial charge in [0.2, 0.25) is 11.8 Å². The monoisotopic (exact) mass is 440 g/mol. The van der Waals surface area contributed by atoms with E-state index < -0.39 is 16.7 Å². The number of nitrogens with one attached hydrogen (secondary N) is 2. The molecule has 0 saturated heterocycles. The van der Waals surface area contributed by atoms with Gasteiger partial charge in [0, 0.05) is 29.4 Å². The van der Waals surface area contributed by atoms with Crippen molar-refractivity contribution in [2.24, 2.45) is 5.92 Å². The van der Waals surface area contributed by atoms with Crippen molar-refractivity contribution >= 4 is 29.1 Å². The van der Waals surface area contributed by atoms with Gasteiger partial charge in [0.15, 0.2) is 0 Å². The molecule has 0 spiro atoms. The number of nitrogens with zero attached hydrogens (tertiary/aromatic N) is 2. The fourth-order valence-electron chi connectivity index (χ4n) is 3.12. The topological polar surface area (TPSA) is 122 Å². The second-order valence-corrected chi connectivity index (χ2v) is 8.03. The quantitative estimate of drug-likeness (QED) is 0.458. The fourth-order valence-corrected chi connectivity index (χ4v) is 3.12. The molecule has 2 rings (SSSR count). The first-order valence-corrected chi connectivity index (χ1v) is 10.2. The number of anilines is 1. The number of benzene rings is 2. The number of aryl methyl sites for hydroxylation is 2. The largest absolute Gasteiger partial charge is 0.345 e. The maximum absolute atomic E-state index is 13.0. The van der Waals surface area contributed by atoms with Crippen molar-refractivity contribution in [2.45, 2.75) is 27.7 Å². The molecule has 170 valence electrons. The summed E-state index contributed by atoms with van der Waals surface area (Å²) in [7, 11) is 0. The Labute approximate surface area is 186 Å². The van der Waals surface area contributed by atoms with Crippen LogP contribution < -0.4 is 10.6 Å². The van der Waals surface area contributed by atoms with Crippen LogP contribution in [0.4, 0.5) is 11.4 Å². The van der Waals surface area contributed by atoms with Crippen molar-refractivity contribution in [3.63, 3.8) is 0 Å². The molecule has 0 aliphatic carbocycles. The van der Waals surface area contributed by atoms with E-state index in [1.54, 1.807) is 13.0 Å². The van der Waals surface area contributed by atoms with Gasteiger partial charge in [0.25, 0.3) is 11.6 Å². The number of hydrogen-bond acceptors (Lipinski definition) is 5. The van der Waals surface area contributed by atoms with E-state index >= 15 is 0 Å². The van der Waals surface area contributed by atoms with Crippen LogP contribution in [0.3, 0.4) is 0 Å². The van der Waals surface area contributed by atoms with Crippen LogP contribution in [0, 0.1) is 29.9 Å². The minimum absolute atomic E-state index is 0.0665. The fraction of sp³-hybridized carbons (Fsp3) is 0.348. The molecule has 2 N–H and O–H groups in total. The second-order valence-electron chi connectivity index (χ2n) is 8.03. The number of carbonyl (C=O) groups is 3. The highest BCUT2D eigenvalue weighted by Crippen LogP contribution is 2.20. The van der Waals surface area contributed by atoms with Gasteiger partial charge in [-0.15, -0.1) is 0 Å². The molecule has 0 aromatic heterocycles. The Balaban J connectivity index is 2.02.